The van der Waals surface area contributed by atoms with Crippen molar-refractivity contribution in [2.24, 2.45) is 5.92 Å². The molecule has 11 heavy (non-hydrogen) atoms. The largest absolute Gasteiger partial charge is 0.384 e. The lowest BCUT2D eigenvalue weighted by atomic mass is 9.98. The number of hydrogen-bond donors (Lipinski definition) is 0. The van der Waals surface area contributed by atoms with E-state index in [1.54, 1.807) is 7.11 Å². The van der Waals surface area contributed by atoms with Crippen LogP contribution in [0, 0.1) is 5.92 Å². The Bertz CT molecular complexity index is 119. The van der Waals surface area contributed by atoms with Crippen LogP contribution in [0.4, 0.5) is 0 Å². The third kappa shape index (κ3) is 2.50. The summed E-state index contributed by atoms with van der Waals surface area (Å²) in [6.45, 7) is 2.64. The molecule has 3 nitrogen and oxygen atoms in total. The molecule has 1 aliphatic heterocycles. The molecule has 3 heteroatoms. The maximum absolute atomic E-state index is 10.3. The third-order valence-electron chi connectivity index (χ3n) is 2.20. The minimum Gasteiger partial charge on any atom is -0.384 e. The van der Waals surface area contributed by atoms with Gasteiger partial charge in [-0.3, -0.25) is 4.79 Å². The van der Waals surface area contributed by atoms with Gasteiger partial charge < -0.3 is 9.64 Å². The molecule has 0 N–H and O–H groups in total. The molecule has 1 rings (SSSR count). The Labute approximate surface area is 67.3 Å². The zero-order valence-electron chi connectivity index (χ0n) is 6.95. The molecular formula is C8H15NO2. The second-order valence-corrected chi connectivity index (χ2v) is 3.04. The SMILES string of the molecule is COCC1CCN(C=O)CC1. The standard InChI is InChI=1S/C8H15NO2/c1-11-6-8-2-4-9(7-10)5-3-8/h7-8H,2-6H2,1H3. The van der Waals surface area contributed by atoms with Crippen LogP contribution >= 0.6 is 0 Å². The van der Waals surface area contributed by atoms with Crippen LogP contribution in [-0.2, 0) is 9.53 Å². The van der Waals surface area contributed by atoms with E-state index in [0.717, 1.165) is 38.9 Å². The average Bonchev–Trinajstić information content (AvgIpc) is 2.07. The molecule has 0 atom stereocenters. The Morgan fingerprint density at radius 1 is 1.55 bits per heavy atom. The lowest BCUT2D eigenvalue weighted by Gasteiger charge is -2.28. The van der Waals surface area contributed by atoms with E-state index < -0.39 is 0 Å². The fraction of sp³-hybridized carbons (Fsp3) is 0.875. The van der Waals surface area contributed by atoms with Crippen molar-refractivity contribution in [3.63, 3.8) is 0 Å². The molecule has 0 aromatic heterocycles. The van der Waals surface area contributed by atoms with Crippen LogP contribution in [0.1, 0.15) is 12.8 Å². The molecular weight excluding hydrogens is 142 g/mol. The van der Waals surface area contributed by atoms with Crippen molar-refractivity contribution in [3.05, 3.63) is 0 Å². The van der Waals surface area contributed by atoms with E-state index in [-0.39, 0.29) is 0 Å². The molecule has 0 bridgehead atoms. The van der Waals surface area contributed by atoms with Gasteiger partial charge in [0.15, 0.2) is 0 Å². The third-order valence-corrected chi connectivity index (χ3v) is 2.20. The normalized spacial score (nSPS) is 20.3. The first-order chi connectivity index (χ1) is 5.36. The van der Waals surface area contributed by atoms with E-state index in [9.17, 15) is 4.79 Å². The summed E-state index contributed by atoms with van der Waals surface area (Å²) in [5.74, 6) is 0.663. The van der Waals surface area contributed by atoms with Crippen LogP contribution in [0.2, 0.25) is 0 Å². The van der Waals surface area contributed by atoms with Gasteiger partial charge in [0.1, 0.15) is 0 Å². The molecule has 0 aromatic carbocycles. The summed E-state index contributed by atoms with van der Waals surface area (Å²) in [7, 11) is 1.73. The average molecular weight is 157 g/mol. The zero-order valence-corrected chi connectivity index (χ0v) is 6.95. The number of likely N-dealkylation sites (tertiary alicyclic amines) is 1. The topological polar surface area (TPSA) is 29.5 Å². The quantitative estimate of drug-likeness (QED) is 0.558. The van der Waals surface area contributed by atoms with E-state index in [1.807, 2.05) is 4.90 Å². The summed E-state index contributed by atoms with van der Waals surface area (Å²) in [4.78, 5) is 12.1. The summed E-state index contributed by atoms with van der Waals surface area (Å²) in [6, 6.07) is 0. The number of carbonyl (C=O) groups excluding carboxylic acids is 1. The van der Waals surface area contributed by atoms with Crippen LogP contribution in [0.25, 0.3) is 0 Å². The Morgan fingerprint density at radius 2 is 2.18 bits per heavy atom. The second-order valence-electron chi connectivity index (χ2n) is 3.04. The van der Waals surface area contributed by atoms with Crippen molar-refractivity contribution >= 4 is 6.41 Å². The molecule has 64 valence electrons. The van der Waals surface area contributed by atoms with Crippen LogP contribution in [0.3, 0.4) is 0 Å². The monoisotopic (exact) mass is 157 g/mol. The van der Waals surface area contributed by atoms with Gasteiger partial charge in [0, 0.05) is 26.8 Å². The number of ether oxygens (including phenoxy) is 1. The van der Waals surface area contributed by atoms with E-state index in [0.29, 0.717) is 5.92 Å². The predicted molar refractivity (Wildman–Crippen MR) is 42.2 cm³/mol. The molecule has 0 aromatic rings. The number of piperidine rings is 1. The lowest BCUT2D eigenvalue weighted by molar-refractivity contribution is -0.119. The molecule has 0 radical (unpaired) electrons. The van der Waals surface area contributed by atoms with Gasteiger partial charge in [-0.2, -0.15) is 0 Å². The van der Waals surface area contributed by atoms with Gasteiger partial charge in [-0.25, -0.2) is 0 Å². The number of amides is 1. The highest BCUT2D eigenvalue weighted by Gasteiger charge is 2.16. The zero-order chi connectivity index (χ0) is 8.10. The van der Waals surface area contributed by atoms with Crippen molar-refractivity contribution in [3.8, 4) is 0 Å². The Kier molecular flexibility index (Phi) is 3.36. The van der Waals surface area contributed by atoms with Gasteiger partial charge in [-0.1, -0.05) is 0 Å². The van der Waals surface area contributed by atoms with Gasteiger partial charge >= 0.3 is 0 Å². The molecule has 0 spiro atoms. The van der Waals surface area contributed by atoms with Crippen molar-refractivity contribution in [2.75, 3.05) is 26.8 Å². The smallest absolute Gasteiger partial charge is 0.209 e. The molecule has 1 heterocycles. The van der Waals surface area contributed by atoms with Crippen molar-refractivity contribution in [2.45, 2.75) is 12.8 Å². The summed E-state index contributed by atoms with van der Waals surface area (Å²) in [6.07, 6.45) is 3.11. The number of rotatable bonds is 3. The molecule has 1 saturated heterocycles. The first kappa shape index (κ1) is 8.53. The summed E-state index contributed by atoms with van der Waals surface area (Å²) in [5.41, 5.74) is 0. The van der Waals surface area contributed by atoms with Crippen LogP contribution in [0.15, 0.2) is 0 Å². The maximum Gasteiger partial charge on any atom is 0.209 e. The van der Waals surface area contributed by atoms with Crippen LogP contribution < -0.4 is 0 Å². The van der Waals surface area contributed by atoms with Crippen LogP contribution in [-0.4, -0.2) is 38.1 Å². The lowest BCUT2D eigenvalue weighted by Crippen LogP contribution is -2.33. The van der Waals surface area contributed by atoms with Gasteiger partial charge in [-0.05, 0) is 18.8 Å². The number of hydrogen-bond acceptors (Lipinski definition) is 2. The highest BCUT2D eigenvalue weighted by atomic mass is 16.5. The number of carbonyl (C=O) groups is 1. The molecule has 1 fully saturated rings. The maximum atomic E-state index is 10.3. The number of nitrogens with zero attached hydrogens (tertiary/aromatic N) is 1. The van der Waals surface area contributed by atoms with E-state index in [1.165, 1.54) is 0 Å². The first-order valence-electron chi connectivity index (χ1n) is 4.05. The first-order valence-corrected chi connectivity index (χ1v) is 4.05. The second kappa shape index (κ2) is 4.34. The molecule has 0 aliphatic carbocycles. The molecule has 1 aliphatic rings. The van der Waals surface area contributed by atoms with E-state index in [4.69, 9.17) is 4.74 Å². The summed E-state index contributed by atoms with van der Waals surface area (Å²) in [5, 5.41) is 0. The molecule has 1 amide bonds. The predicted octanol–water partition coefficient (Wildman–Crippen LogP) is 0.501. The Balaban J connectivity index is 2.18. The van der Waals surface area contributed by atoms with Crippen molar-refractivity contribution < 1.29 is 9.53 Å². The van der Waals surface area contributed by atoms with E-state index in [2.05, 4.69) is 0 Å². The highest BCUT2D eigenvalue weighted by Crippen LogP contribution is 2.15. The van der Waals surface area contributed by atoms with Gasteiger partial charge in [-0.15, -0.1) is 0 Å². The Hall–Kier alpha value is -0.570. The Morgan fingerprint density at radius 3 is 2.64 bits per heavy atom. The van der Waals surface area contributed by atoms with Gasteiger partial charge in [0.25, 0.3) is 0 Å². The fourth-order valence-electron chi connectivity index (χ4n) is 1.46. The summed E-state index contributed by atoms with van der Waals surface area (Å²) < 4.78 is 5.04. The van der Waals surface area contributed by atoms with E-state index >= 15 is 0 Å². The van der Waals surface area contributed by atoms with Crippen LogP contribution in [0.5, 0.6) is 0 Å². The van der Waals surface area contributed by atoms with Crippen molar-refractivity contribution in [1.29, 1.82) is 0 Å². The molecule has 0 saturated carbocycles. The minimum atomic E-state index is 0.663. The fourth-order valence-corrected chi connectivity index (χ4v) is 1.46. The van der Waals surface area contributed by atoms with Crippen molar-refractivity contribution in [1.82, 2.24) is 4.90 Å². The van der Waals surface area contributed by atoms with Gasteiger partial charge in [0.05, 0.1) is 0 Å². The number of methoxy groups -OCH3 is 1. The summed E-state index contributed by atoms with van der Waals surface area (Å²) >= 11 is 0. The molecule has 0 unspecified atom stereocenters. The van der Waals surface area contributed by atoms with Gasteiger partial charge in [0.2, 0.25) is 6.41 Å². The highest BCUT2D eigenvalue weighted by molar-refractivity contribution is 5.47. The minimum absolute atomic E-state index is 0.663.